The van der Waals surface area contributed by atoms with E-state index < -0.39 is 11.6 Å². The van der Waals surface area contributed by atoms with Gasteiger partial charge in [0.25, 0.3) is 5.91 Å². The first kappa shape index (κ1) is 14.6. The molecule has 1 amide bonds. The van der Waals surface area contributed by atoms with Crippen LogP contribution in [0, 0.1) is 11.6 Å². The summed E-state index contributed by atoms with van der Waals surface area (Å²) in [4.78, 5) is 17.5. The molecule has 2 rings (SSSR count). The third kappa shape index (κ3) is 3.39. The second-order valence-electron chi connectivity index (χ2n) is 4.30. The largest absolute Gasteiger partial charge is 0.337 e. The summed E-state index contributed by atoms with van der Waals surface area (Å²) in [5.41, 5.74) is 0.937. The first-order chi connectivity index (χ1) is 9.47. The number of hydrogen-bond donors (Lipinski definition) is 0. The van der Waals surface area contributed by atoms with Crippen LogP contribution in [0.2, 0.25) is 0 Å². The fourth-order valence-electron chi connectivity index (χ4n) is 1.73. The van der Waals surface area contributed by atoms with Crippen LogP contribution in [0.5, 0.6) is 0 Å². The molecule has 1 heterocycles. The molecule has 1 aromatic carbocycles. The number of halogens is 3. The topological polar surface area (TPSA) is 33.2 Å². The number of amides is 1. The van der Waals surface area contributed by atoms with Crippen molar-refractivity contribution in [2.75, 3.05) is 7.05 Å². The van der Waals surface area contributed by atoms with Crippen LogP contribution < -0.4 is 0 Å². The molecule has 0 aliphatic rings. The molecule has 0 aliphatic carbocycles. The van der Waals surface area contributed by atoms with E-state index in [-0.39, 0.29) is 12.5 Å². The molecular weight excluding hydrogens is 330 g/mol. The highest BCUT2D eigenvalue weighted by molar-refractivity contribution is 9.10. The van der Waals surface area contributed by atoms with Gasteiger partial charge in [0, 0.05) is 30.5 Å². The van der Waals surface area contributed by atoms with Crippen molar-refractivity contribution < 1.29 is 13.6 Å². The minimum absolute atomic E-state index is 0.183. The molecule has 20 heavy (non-hydrogen) atoms. The van der Waals surface area contributed by atoms with Gasteiger partial charge in [-0.05, 0) is 39.7 Å². The molecule has 1 aromatic heterocycles. The van der Waals surface area contributed by atoms with Crippen molar-refractivity contribution in [3.8, 4) is 0 Å². The Morgan fingerprint density at radius 3 is 2.65 bits per heavy atom. The Morgan fingerprint density at radius 1 is 1.25 bits per heavy atom. The van der Waals surface area contributed by atoms with Gasteiger partial charge in [-0.25, -0.2) is 8.78 Å². The third-order valence-corrected chi connectivity index (χ3v) is 3.14. The lowest BCUT2D eigenvalue weighted by Gasteiger charge is -2.17. The first-order valence-electron chi connectivity index (χ1n) is 5.77. The molecular formula is C14H11BrF2N2O. The van der Waals surface area contributed by atoms with Gasteiger partial charge in [0.1, 0.15) is 0 Å². The highest BCUT2D eigenvalue weighted by atomic mass is 79.9. The molecule has 0 saturated carbocycles. The van der Waals surface area contributed by atoms with E-state index in [1.165, 1.54) is 17.2 Å². The minimum atomic E-state index is -0.924. The number of nitrogens with zero attached hydrogens (tertiary/aromatic N) is 2. The lowest BCUT2D eigenvalue weighted by atomic mass is 10.2. The zero-order valence-corrected chi connectivity index (χ0v) is 12.2. The SMILES string of the molecule is CN(Cc1ccc(F)c(F)c1)C(=O)c1cncc(Br)c1. The Kier molecular flexibility index (Phi) is 4.44. The van der Waals surface area contributed by atoms with Gasteiger partial charge in [-0.1, -0.05) is 6.07 Å². The van der Waals surface area contributed by atoms with Gasteiger partial charge in [0.15, 0.2) is 11.6 Å². The van der Waals surface area contributed by atoms with Crippen LogP contribution in [0.3, 0.4) is 0 Å². The normalized spacial score (nSPS) is 10.4. The molecule has 0 bridgehead atoms. The Morgan fingerprint density at radius 2 is 2.00 bits per heavy atom. The van der Waals surface area contributed by atoms with Crippen molar-refractivity contribution in [2.45, 2.75) is 6.54 Å². The van der Waals surface area contributed by atoms with Gasteiger partial charge >= 0.3 is 0 Å². The zero-order valence-electron chi connectivity index (χ0n) is 10.6. The van der Waals surface area contributed by atoms with Crippen molar-refractivity contribution in [3.63, 3.8) is 0 Å². The average Bonchev–Trinajstić information content (AvgIpc) is 2.42. The summed E-state index contributed by atoms with van der Waals surface area (Å²) in [6, 6.07) is 5.22. The van der Waals surface area contributed by atoms with E-state index in [1.54, 1.807) is 19.3 Å². The Labute approximate surface area is 123 Å². The van der Waals surface area contributed by atoms with E-state index in [9.17, 15) is 13.6 Å². The number of rotatable bonds is 3. The highest BCUT2D eigenvalue weighted by Gasteiger charge is 2.13. The van der Waals surface area contributed by atoms with Crippen molar-refractivity contribution in [2.24, 2.45) is 0 Å². The van der Waals surface area contributed by atoms with Gasteiger partial charge in [0.05, 0.1) is 5.56 Å². The smallest absolute Gasteiger partial charge is 0.255 e. The third-order valence-electron chi connectivity index (χ3n) is 2.70. The number of benzene rings is 1. The molecule has 0 N–H and O–H groups in total. The van der Waals surface area contributed by atoms with Gasteiger partial charge in [-0.2, -0.15) is 0 Å². The molecule has 104 valence electrons. The molecule has 3 nitrogen and oxygen atoms in total. The Hall–Kier alpha value is -1.82. The molecule has 6 heteroatoms. The monoisotopic (exact) mass is 340 g/mol. The van der Waals surface area contributed by atoms with Crippen LogP contribution in [-0.2, 0) is 6.54 Å². The van der Waals surface area contributed by atoms with Crippen LogP contribution in [-0.4, -0.2) is 22.8 Å². The average molecular weight is 341 g/mol. The lowest BCUT2D eigenvalue weighted by molar-refractivity contribution is 0.0784. The van der Waals surface area contributed by atoms with Gasteiger partial charge < -0.3 is 4.90 Å². The number of carbonyl (C=O) groups excluding carboxylic acids is 1. The highest BCUT2D eigenvalue weighted by Crippen LogP contribution is 2.14. The van der Waals surface area contributed by atoms with Gasteiger partial charge in [0.2, 0.25) is 0 Å². The summed E-state index contributed by atoms with van der Waals surface area (Å²) in [6.07, 6.45) is 3.03. The summed E-state index contributed by atoms with van der Waals surface area (Å²) in [5.74, 6) is -2.07. The van der Waals surface area contributed by atoms with Crippen molar-refractivity contribution >= 4 is 21.8 Å². The van der Waals surface area contributed by atoms with E-state index in [1.807, 2.05) is 0 Å². The Bertz CT molecular complexity index is 649. The van der Waals surface area contributed by atoms with E-state index in [4.69, 9.17) is 0 Å². The molecule has 0 radical (unpaired) electrons. The predicted octanol–water partition coefficient (Wildman–Crippen LogP) is 3.39. The molecule has 0 unspecified atom stereocenters. The van der Waals surface area contributed by atoms with Crippen LogP contribution >= 0.6 is 15.9 Å². The van der Waals surface area contributed by atoms with Crippen molar-refractivity contribution in [3.05, 3.63) is 63.9 Å². The van der Waals surface area contributed by atoms with E-state index >= 15 is 0 Å². The summed E-state index contributed by atoms with van der Waals surface area (Å²) in [6.45, 7) is 0.183. The number of aromatic nitrogens is 1. The molecule has 0 fully saturated rings. The van der Waals surface area contributed by atoms with Crippen LogP contribution in [0.15, 0.2) is 41.1 Å². The van der Waals surface area contributed by atoms with E-state index in [0.29, 0.717) is 15.6 Å². The summed E-state index contributed by atoms with van der Waals surface area (Å²) >= 11 is 3.24. The molecule has 0 spiro atoms. The van der Waals surface area contributed by atoms with Crippen molar-refractivity contribution in [1.29, 1.82) is 0 Å². The minimum Gasteiger partial charge on any atom is -0.337 e. The van der Waals surface area contributed by atoms with Gasteiger partial charge in [-0.3, -0.25) is 9.78 Å². The molecule has 0 saturated heterocycles. The van der Waals surface area contributed by atoms with Crippen molar-refractivity contribution in [1.82, 2.24) is 9.88 Å². The van der Waals surface area contributed by atoms with Crippen LogP contribution in [0.4, 0.5) is 8.78 Å². The maximum Gasteiger partial charge on any atom is 0.255 e. The summed E-state index contributed by atoms with van der Waals surface area (Å²) in [5, 5.41) is 0. The summed E-state index contributed by atoms with van der Waals surface area (Å²) in [7, 11) is 1.59. The molecule has 2 aromatic rings. The van der Waals surface area contributed by atoms with Gasteiger partial charge in [-0.15, -0.1) is 0 Å². The fourth-order valence-corrected chi connectivity index (χ4v) is 2.10. The fraction of sp³-hybridized carbons (Fsp3) is 0.143. The maximum absolute atomic E-state index is 13.1. The number of pyridine rings is 1. The molecule has 0 atom stereocenters. The Balaban J connectivity index is 2.13. The first-order valence-corrected chi connectivity index (χ1v) is 6.56. The molecule has 0 aliphatic heterocycles. The predicted molar refractivity (Wildman–Crippen MR) is 74.1 cm³/mol. The summed E-state index contributed by atoms with van der Waals surface area (Å²) < 4.78 is 26.6. The van der Waals surface area contributed by atoms with E-state index in [2.05, 4.69) is 20.9 Å². The van der Waals surface area contributed by atoms with Crippen LogP contribution in [0.1, 0.15) is 15.9 Å². The number of carbonyl (C=O) groups is 1. The second kappa shape index (κ2) is 6.09. The number of hydrogen-bond acceptors (Lipinski definition) is 2. The van der Waals surface area contributed by atoms with E-state index in [0.717, 1.165) is 12.1 Å². The zero-order chi connectivity index (χ0) is 14.7. The van der Waals surface area contributed by atoms with Crippen LogP contribution in [0.25, 0.3) is 0 Å². The lowest BCUT2D eigenvalue weighted by Crippen LogP contribution is -2.26. The maximum atomic E-state index is 13.1. The quantitative estimate of drug-likeness (QED) is 0.857. The second-order valence-corrected chi connectivity index (χ2v) is 5.22. The standard InChI is InChI=1S/C14H11BrF2N2O/c1-19(8-9-2-3-12(16)13(17)4-9)14(20)10-5-11(15)7-18-6-10/h2-7H,8H2,1H3.